The SMILES string of the molecule is O=C=C(O)C1c2ccccc2-c2ccccc21. The minimum Gasteiger partial charge on any atom is -0.501 e. The highest BCUT2D eigenvalue weighted by molar-refractivity contribution is 5.81. The van der Waals surface area contributed by atoms with Crippen molar-refractivity contribution in [3.63, 3.8) is 0 Å². The Hall–Kier alpha value is -2.31. The zero-order valence-corrected chi connectivity index (χ0v) is 9.05. The molecule has 0 saturated carbocycles. The molecule has 1 N–H and O–H groups in total. The second-order valence-corrected chi connectivity index (χ2v) is 4.09. The van der Waals surface area contributed by atoms with Gasteiger partial charge < -0.3 is 5.11 Å². The average Bonchev–Trinajstić information content (AvgIpc) is 2.72. The smallest absolute Gasteiger partial charge is 0.188 e. The highest BCUT2D eigenvalue weighted by atomic mass is 16.3. The fraction of sp³-hybridized carbons (Fsp3) is 0.0667. The monoisotopic (exact) mass is 222 g/mol. The summed E-state index contributed by atoms with van der Waals surface area (Å²) in [5, 5.41) is 9.74. The predicted molar refractivity (Wildman–Crippen MR) is 65.6 cm³/mol. The van der Waals surface area contributed by atoms with Gasteiger partial charge in [-0.2, -0.15) is 0 Å². The first-order valence-electron chi connectivity index (χ1n) is 5.45. The molecule has 0 amide bonds. The lowest BCUT2D eigenvalue weighted by Gasteiger charge is -2.09. The third-order valence-corrected chi connectivity index (χ3v) is 3.21. The molecule has 1 aliphatic carbocycles. The number of aliphatic hydroxyl groups excluding tert-OH is 1. The van der Waals surface area contributed by atoms with Crippen molar-refractivity contribution < 1.29 is 9.90 Å². The van der Waals surface area contributed by atoms with E-state index in [0.717, 1.165) is 22.3 Å². The van der Waals surface area contributed by atoms with Gasteiger partial charge in [-0.25, -0.2) is 4.79 Å². The Morgan fingerprint density at radius 3 is 1.88 bits per heavy atom. The van der Waals surface area contributed by atoms with Gasteiger partial charge in [0, 0.05) is 0 Å². The maximum atomic E-state index is 10.7. The van der Waals surface area contributed by atoms with E-state index in [1.54, 1.807) is 5.94 Å². The number of allylic oxidation sites excluding steroid dienone is 1. The molecular formula is C15H10O2. The van der Waals surface area contributed by atoms with Gasteiger partial charge in [-0.05, 0) is 22.3 Å². The number of fused-ring (bicyclic) bond motifs is 3. The Morgan fingerprint density at radius 1 is 0.941 bits per heavy atom. The molecule has 0 heterocycles. The zero-order chi connectivity index (χ0) is 11.8. The van der Waals surface area contributed by atoms with Crippen LogP contribution < -0.4 is 0 Å². The molecule has 0 saturated heterocycles. The topological polar surface area (TPSA) is 37.3 Å². The second kappa shape index (κ2) is 3.62. The lowest BCUT2D eigenvalue weighted by atomic mass is 9.95. The zero-order valence-electron chi connectivity index (χ0n) is 9.05. The second-order valence-electron chi connectivity index (χ2n) is 4.09. The summed E-state index contributed by atoms with van der Waals surface area (Å²) >= 11 is 0. The van der Waals surface area contributed by atoms with Crippen LogP contribution in [-0.2, 0) is 4.79 Å². The highest BCUT2D eigenvalue weighted by Crippen LogP contribution is 2.46. The van der Waals surface area contributed by atoms with Gasteiger partial charge in [-0.1, -0.05) is 48.5 Å². The molecule has 0 bridgehead atoms. The Morgan fingerprint density at radius 2 is 1.41 bits per heavy atom. The van der Waals surface area contributed by atoms with Crippen LogP contribution in [0.4, 0.5) is 0 Å². The molecule has 0 atom stereocenters. The molecule has 0 radical (unpaired) electrons. The molecule has 2 aromatic carbocycles. The quantitative estimate of drug-likeness (QED) is 0.594. The van der Waals surface area contributed by atoms with Crippen LogP contribution in [0.15, 0.2) is 54.3 Å². The van der Waals surface area contributed by atoms with E-state index in [4.69, 9.17) is 0 Å². The van der Waals surface area contributed by atoms with Crippen LogP contribution in [0, 0.1) is 0 Å². The van der Waals surface area contributed by atoms with E-state index in [9.17, 15) is 9.90 Å². The number of hydrogen-bond acceptors (Lipinski definition) is 2. The van der Waals surface area contributed by atoms with Crippen LogP contribution in [0.3, 0.4) is 0 Å². The van der Waals surface area contributed by atoms with Gasteiger partial charge in [0.1, 0.15) is 0 Å². The van der Waals surface area contributed by atoms with Crippen LogP contribution in [0.2, 0.25) is 0 Å². The van der Waals surface area contributed by atoms with Crippen molar-refractivity contribution in [1.29, 1.82) is 0 Å². The lowest BCUT2D eigenvalue weighted by Crippen LogP contribution is -2.00. The van der Waals surface area contributed by atoms with Crippen LogP contribution in [-0.4, -0.2) is 11.0 Å². The first-order chi connectivity index (χ1) is 8.33. The molecule has 82 valence electrons. The number of benzene rings is 2. The number of carbonyl (C=O) groups excluding carboxylic acids is 1. The molecule has 2 heteroatoms. The van der Waals surface area contributed by atoms with Crippen LogP contribution in [0.5, 0.6) is 0 Å². The third kappa shape index (κ3) is 1.32. The van der Waals surface area contributed by atoms with Gasteiger partial charge in [0.2, 0.25) is 0 Å². The fourth-order valence-electron chi connectivity index (χ4n) is 2.51. The number of aliphatic hydroxyl groups is 1. The summed E-state index contributed by atoms with van der Waals surface area (Å²) in [6.45, 7) is 0. The summed E-state index contributed by atoms with van der Waals surface area (Å²) in [6, 6.07) is 15.6. The van der Waals surface area contributed by atoms with Gasteiger partial charge >= 0.3 is 0 Å². The van der Waals surface area contributed by atoms with Crippen molar-refractivity contribution >= 4 is 5.94 Å². The first kappa shape index (κ1) is 9.88. The minimum atomic E-state index is -0.361. The summed E-state index contributed by atoms with van der Waals surface area (Å²) in [5.41, 5.74) is 4.09. The average molecular weight is 222 g/mol. The van der Waals surface area contributed by atoms with Crippen LogP contribution >= 0.6 is 0 Å². The van der Waals surface area contributed by atoms with Crippen molar-refractivity contribution in [3.8, 4) is 11.1 Å². The van der Waals surface area contributed by atoms with E-state index in [-0.39, 0.29) is 11.7 Å². The predicted octanol–water partition coefficient (Wildman–Crippen LogP) is 3.07. The third-order valence-electron chi connectivity index (χ3n) is 3.21. The molecule has 0 aromatic heterocycles. The summed E-state index contributed by atoms with van der Waals surface area (Å²) in [5.74, 6) is 1.00. The summed E-state index contributed by atoms with van der Waals surface area (Å²) in [4.78, 5) is 10.7. The maximum Gasteiger partial charge on any atom is 0.188 e. The van der Waals surface area contributed by atoms with Crippen molar-refractivity contribution in [2.45, 2.75) is 5.92 Å². The van der Waals surface area contributed by atoms with Crippen molar-refractivity contribution in [2.75, 3.05) is 0 Å². The fourth-order valence-corrected chi connectivity index (χ4v) is 2.51. The van der Waals surface area contributed by atoms with Gasteiger partial charge in [-0.15, -0.1) is 0 Å². The Labute approximate surface area is 98.8 Å². The van der Waals surface area contributed by atoms with E-state index in [0.29, 0.717) is 0 Å². The number of rotatable bonds is 1. The highest BCUT2D eigenvalue weighted by Gasteiger charge is 2.31. The van der Waals surface area contributed by atoms with Gasteiger partial charge in [-0.3, -0.25) is 0 Å². The van der Waals surface area contributed by atoms with E-state index in [2.05, 4.69) is 0 Å². The molecule has 0 aliphatic heterocycles. The Bertz CT molecular complexity index is 591. The lowest BCUT2D eigenvalue weighted by molar-refractivity contribution is 0.385. The molecule has 17 heavy (non-hydrogen) atoms. The molecular weight excluding hydrogens is 212 g/mol. The molecule has 0 unspecified atom stereocenters. The van der Waals surface area contributed by atoms with Crippen LogP contribution in [0.1, 0.15) is 17.0 Å². The molecule has 1 aliphatic rings. The summed E-state index contributed by atoms with van der Waals surface area (Å²) in [6.07, 6.45) is 0. The summed E-state index contributed by atoms with van der Waals surface area (Å²) in [7, 11) is 0. The van der Waals surface area contributed by atoms with Crippen molar-refractivity contribution in [3.05, 3.63) is 65.4 Å². The van der Waals surface area contributed by atoms with E-state index >= 15 is 0 Å². The van der Waals surface area contributed by atoms with Gasteiger partial charge in [0.25, 0.3) is 0 Å². The first-order valence-corrected chi connectivity index (χ1v) is 5.45. The van der Waals surface area contributed by atoms with Gasteiger partial charge in [0.15, 0.2) is 11.7 Å². The normalized spacial score (nSPS) is 12.7. The minimum absolute atomic E-state index is 0.248. The van der Waals surface area contributed by atoms with E-state index < -0.39 is 0 Å². The summed E-state index contributed by atoms with van der Waals surface area (Å²) < 4.78 is 0. The van der Waals surface area contributed by atoms with E-state index in [1.165, 1.54) is 0 Å². The molecule has 0 spiro atoms. The van der Waals surface area contributed by atoms with Gasteiger partial charge in [0.05, 0.1) is 5.92 Å². The molecule has 0 fully saturated rings. The van der Waals surface area contributed by atoms with E-state index in [1.807, 2.05) is 48.5 Å². The molecule has 2 nitrogen and oxygen atoms in total. The Balaban J connectivity index is 2.35. The maximum absolute atomic E-state index is 10.7. The largest absolute Gasteiger partial charge is 0.501 e. The van der Waals surface area contributed by atoms with Crippen molar-refractivity contribution in [1.82, 2.24) is 0 Å². The standard InChI is InChI=1S/C15H10O2/c16-9-14(17)15-12-7-3-1-5-10(12)11-6-2-4-8-13(11)15/h1-8,15,17H. The Kier molecular flexibility index (Phi) is 2.10. The van der Waals surface area contributed by atoms with Crippen LogP contribution in [0.25, 0.3) is 11.1 Å². The number of hydrogen-bond donors (Lipinski definition) is 1. The molecule has 2 aromatic rings. The molecule has 3 rings (SSSR count). The van der Waals surface area contributed by atoms with Crippen molar-refractivity contribution in [2.24, 2.45) is 0 Å².